The number of hydrogen-bond donors (Lipinski definition) is 0. The number of hydrogen-bond acceptors (Lipinski definition) is 4. The lowest BCUT2D eigenvalue weighted by Crippen LogP contribution is -2.43. The molecule has 1 rings (SSSR count). The van der Waals surface area contributed by atoms with Gasteiger partial charge in [-0.1, -0.05) is 0 Å². The lowest BCUT2D eigenvalue weighted by Gasteiger charge is -2.42. The number of ether oxygens (including phenoxy) is 2. The first-order valence-electron chi connectivity index (χ1n) is 6.20. The van der Waals surface area contributed by atoms with E-state index in [-0.39, 0.29) is 23.4 Å². The molecule has 0 spiro atoms. The molecular formula is C14H21NO3. The fourth-order valence-electron chi connectivity index (χ4n) is 2.56. The highest BCUT2D eigenvalue weighted by molar-refractivity contribution is 5.93. The molecule has 0 aromatic carbocycles. The van der Waals surface area contributed by atoms with Crippen molar-refractivity contribution >= 4 is 5.97 Å². The number of rotatable bonds is 2. The molecular weight excluding hydrogens is 230 g/mol. The Hall–Kier alpha value is -1.34. The maximum Gasteiger partial charge on any atom is 0.348 e. The third kappa shape index (κ3) is 3.58. The molecule has 4 heteroatoms. The SMILES string of the molecule is CCOC(=O)C(C#N)=C1CC(C)(C)OC(C)(C)C1. The minimum absolute atomic E-state index is 0.140. The van der Waals surface area contributed by atoms with Gasteiger partial charge in [-0.15, -0.1) is 0 Å². The van der Waals surface area contributed by atoms with Crippen molar-refractivity contribution in [3.8, 4) is 6.07 Å². The van der Waals surface area contributed by atoms with Crippen LogP contribution in [0.5, 0.6) is 0 Å². The Labute approximate surface area is 109 Å². The van der Waals surface area contributed by atoms with Gasteiger partial charge >= 0.3 is 5.97 Å². The van der Waals surface area contributed by atoms with E-state index in [9.17, 15) is 4.79 Å². The fourth-order valence-corrected chi connectivity index (χ4v) is 2.56. The maximum absolute atomic E-state index is 11.8. The fraction of sp³-hybridized carbons (Fsp3) is 0.714. The Morgan fingerprint density at radius 1 is 1.33 bits per heavy atom. The molecule has 18 heavy (non-hydrogen) atoms. The number of carbonyl (C=O) groups excluding carboxylic acids is 1. The Kier molecular flexibility index (Phi) is 4.18. The van der Waals surface area contributed by atoms with E-state index < -0.39 is 5.97 Å². The summed E-state index contributed by atoms with van der Waals surface area (Å²) in [6.45, 7) is 9.88. The summed E-state index contributed by atoms with van der Waals surface area (Å²) in [5.74, 6) is -0.525. The normalized spacial score (nSPS) is 21.0. The molecule has 1 aliphatic rings. The molecule has 0 radical (unpaired) electrons. The van der Waals surface area contributed by atoms with Crippen LogP contribution < -0.4 is 0 Å². The summed E-state index contributed by atoms with van der Waals surface area (Å²) in [6.07, 6.45) is 1.16. The molecule has 0 atom stereocenters. The van der Waals surface area contributed by atoms with E-state index in [0.29, 0.717) is 12.8 Å². The molecule has 1 heterocycles. The summed E-state index contributed by atoms with van der Waals surface area (Å²) >= 11 is 0. The third-order valence-corrected chi connectivity index (χ3v) is 2.78. The second-order valence-corrected chi connectivity index (χ2v) is 5.79. The van der Waals surface area contributed by atoms with Crippen LogP contribution in [0.3, 0.4) is 0 Å². The first-order chi connectivity index (χ1) is 8.21. The van der Waals surface area contributed by atoms with Crippen LogP contribution in [-0.2, 0) is 14.3 Å². The molecule has 0 N–H and O–H groups in total. The van der Waals surface area contributed by atoms with Crippen LogP contribution in [0.1, 0.15) is 47.5 Å². The standard InChI is InChI=1S/C14H21NO3/c1-6-17-12(16)11(9-15)10-7-13(2,3)18-14(4,5)8-10/h6-8H2,1-5H3. The average Bonchev–Trinajstić information content (AvgIpc) is 2.13. The predicted molar refractivity (Wildman–Crippen MR) is 67.7 cm³/mol. The van der Waals surface area contributed by atoms with E-state index in [0.717, 1.165) is 5.57 Å². The zero-order chi connectivity index (χ0) is 14.0. The molecule has 0 unspecified atom stereocenters. The van der Waals surface area contributed by atoms with E-state index in [1.54, 1.807) is 6.92 Å². The molecule has 1 fully saturated rings. The van der Waals surface area contributed by atoms with Crippen LogP contribution in [-0.4, -0.2) is 23.8 Å². The number of carbonyl (C=O) groups is 1. The molecule has 0 saturated carbocycles. The Morgan fingerprint density at radius 2 is 1.83 bits per heavy atom. The van der Waals surface area contributed by atoms with Gasteiger partial charge in [0.25, 0.3) is 0 Å². The molecule has 0 amide bonds. The quantitative estimate of drug-likeness (QED) is 0.430. The summed E-state index contributed by atoms with van der Waals surface area (Å²) in [5, 5.41) is 9.17. The summed E-state index contributed by atoms with van der Waals surface area (Å²) in [7, 11) is 0. The van der Waals surface area contributed by atoms with Crippen molar-refractivity contribution in [2.45, 2.75) is 58.7 Å². The minimum Gasteiger partial charge on any atom is -0.462 e. The summed E-state index contributed by atoms with van der Waals surface area (Å²) in [5.41, 5.74) is 0.232. The van der Waals surface area contributed by atoms with Gasteiger partial charge in [0.15, 0.2) is 0 Å². The van der Waals surface area contributed by atoms with Crippen molar-refractivity contribution in [1.29, 1.82) is 5.26 Å². The van der Waals surface area contributed by atoms with Crippen molar-refractivity contribution in [3.05, 3.63) is 11.1 Å². The van der Waals surface area contributed by atoms with Crippen LogP contribution in [0.15, 0.2) is 11.1 Å². The maximum atomic E-state index is 11.8. The van der Waals surface area contributed by atoms with E-state index in [2.05, 4.69) is 0 Å². The first kappa shape index (κ1) is 14.7. The Bertz CT molecular complexity index is 395. The van der Waals surface area contributed by atoms with E-state index in [4.69, 9.17) is 14.7 Å². The van der Waals surface area contributed by atoms with Gasteiger partial charge in [-0.3, -0.25) is 0 Å². The van der Waals surface area contributed by atoms with Crippen LogP contribution in [0, 0.1) is 11.3 Å². The highest BCUT2D eigenvalue weighted by Crippen LogP contribution is 2.39. The van der Waals surface area contributed by atoms with Crippen molar-refractivity contribution in [3.63, 3.8) is 0 Å². The van der Waals surface area contributed by atoms with Crippen molar-refractivity contribution < 1.29 is 14.3 Å². The third-order valence-electron chi connectivity index (χ3n) is 2.78. The average molecular weight is 251 g/mol. The largest absolute Gasteiger partial charge is 0.462 e. The monoisotopic (exact) mass is 251 g/mol. The van der Waals surface area contributed by atoms with Crippen LogP contribution in [0.2, 0.25) is 0 Å². The number of nitriles is 1. The zero-order valence-corrected chi connectivity index (χ0v) is 11.8. The van der Waals surface area contributed by atoms with Gasteiger partial charge in [0.1, 0.15) is 11.6 Å². The van der Waals surface area contributed by atoms with Gasteiger partial charge in [0.2, 0.25) is 0 Å². The van der Waals surface area contributed by atoms with Gasteiger partial charge in [0, 0.05) is 0 Å². The van der Waals surface area contributed by atoms with Crippen LogP contribution in [0.25, 0.3) is 0 Å². The summed E-state index contributed by atoms with van der Waals surface area (Å²) < 4.78 is 10.9. The van der Waals surface area contributed by atoms with Crippen molar-refractivity contribution in [2.24, 2.45) is 0 Å². The molecule has 100 valence electrons. The lowest BCUT2D eigenvalue weighted by molar-refractivity contribution is -0.142. The Morgan fingerprint density at radius 3 is 2.22 bits per heavy atom. The van der Waals surface area contributed by atoms with Gasteiger partial charge < -0.3 is 9.47 Å². The number of nitrogens with zero attached hydrogens (tertiary/aromatic N) is 1. The summed E-state index contributed by atoms with van der Waals surface area (Å²) in [6, 6.07) is 1.98. The van der Waals surface area contributed by atoms with Gasteiger partial charge in [-0.2, -0.15) is 5.26 Å². The topological polar surface area (TPSA) is 59.3 Å². The van der Waals surface area contributed by atoms with E-state index >= 15 is 0 Å². The summed E-state index contributed by atoms with van der Waals surface area (Å²) in [4.78, 5) is 11.8. The molecule has 4 nitrogen and oxygen atoms in total. The molecule has 0 aliphatic carbocycles. The number of esters is 1. The Balaban J connectivity index is 3.11. The van der Waals surface area contributed by atoms with Gasteiger partial charge in [-0.05, 0) is 53.0 Å². The van der Waals surface area contributed by atoms with Gasteiger partial charge in [-0.25, -0.2) is 4.79 Å². The molecule has 0 bridgehead atoms. The molecule has 0 aromatic rings. The van der Waals surface area contributed by atoms with E-state index in [1.807, 2.05) is 33.8 Å². The molecule has 1 aliphatic heterocycles. The van der Waals surface area contributed by atoms with E-state index in [1.165, 1.54) is 0 Å². The predicted octanol–water partition coefficient (Wildman–Crippen LogP) is 2.74. The smallest absolute Gasteiger partial charge is 0.348 e. The molecule has 1 saturated heterocycles. The van der Waals surface area contributed by atoms with Crippen molar-refractivity contribution in [2.75, 3.05) is 6.61 Å². The first-order valence-corrected chi connectivity index (χ1v) is 6.20. The lowest BCUT2D eigenvalue weighted by atomic mass is 9.83. The van der Waals surface area contributed by atoms with Crippen molar-refractivity contribution in [1.82, 2.24) is 0 Å². The highest BCUT2D eigenvalue weighted by atomic mass is 16.5. The highest BCUT2D eigenvalue weighted by Gasteiger charge is 2.38. The van der Waals surface area contributed by atoms with Crippen LogP contribution >= 0.6 is 0 Å². The zero-order valence-electron chi connectivity index (χ0n) is 11.8. The second-order valence-electron chi connectivity index (χ2n) is 5.79. The second kappa shape index (κ2) is 5.11. The van der Waals surface area contributed by atoms with Gasteiger partial charge in [0.05, 0.1) is 17.8 Å². The van der Waals surface area contributed by atoms with Crippen LogP contribution in [0.4, 0.5) is 0 Å². The minimum atomic E-state index is -0.525. The molecule has 0 aromatic heterocycles.